The van der Waals surface area contributed by atoms with E-state index >= 15 is 0 Å². The molecule has 1 saturated carbocycles. The number of fused-ring (bicyclic) bond motifs is 1. The average molecular weight is 340 g/mol. The van der Waals surface area contributed by atoms with Gasteiger partial charge < -0.3 is 10.6 Å². The third-order valence-electron chi connectivity index (χ3n) is 5.10. The highest BCUT2D eigenvalue weighted by atomic mass is 35.5. The van der Waals surface area contributed by atoms with Crippen LogP contribution in [0.2, 0.25) is 0 Å². The Hall–Kier alpha value is -1.66. The topological polar surface area (TPSA) is 89.5 Å². The number of hydrogen-bond donors (Lipinski definition) is 1. The minimum atomic E-state index is -0.477. The van der Waals surface area contributed by atoms with Crippen LogP contribution in [0.5, 0.6) is 0 Å². The van der Waals surface area contributed by atoms with Crippen LogP contribution in [0.1, 0.15) is 35.2 Å². The van der Waals surface area contributed by atoms with Crippen LogP contribution in [0.3, 0.4) is 0 Å². The predicted octanol–water partition coefficient (Wildman–Crippen LogP) is 2.52. The number of benzene rings is 1. The number of halogens is 1. The van der Waals surface area contributed by atoms with Crippen LogP contribution in [0, 0.1) is 28.9 Å². The molecule has 0 spiro atoms. The Bertz CT molecular complexity index is 623. The van der Waals surface area contributed by atoms with E-state index in [1.807, 2.05) is 0 Å². The Morgan fingerprint density at radius 1 is 1.35 bits per heavy atom. The summed E-state index contributed by atoms with van der Waals surface area (Å²) in [7, 11) is 0. The van der Waals surface area contributed by atoms with Crippen molar-refractivity contribution in [1.82, 2.24) is 4.90 Å². The van der Waals surface area contributed by atoms with E-state index in [4.69, 9.17) is 5.73 Å². The van der Waals surface area contributed by atoms with Crippen LogP contribution >= 0.6 is 12.4 Å². The first-order valence-electron chi connectivity index (χ1n) is 7.78. The van der Waals surface area contributed by atoms with Gasteiger partial charge in [0.25, 0.3) is 11.6 Å². The van der Waals surface area contributed by atoms with Gasteiger partial charge in [0.15, 0.2) is 0 Å². The molecule has 1 saturated heterocycles. The molecular formula is C16H22ClN3O3. The fourth-order valence-electron chi connectivity index (χ4n) is 3.92. The third-order valence-corrected chi connectivity index (χ3v) is 5.10. The Kier molecular flexibility index (Phi) is 5.26. The van der Waals surface area contributed by atoms with Crippen LogP contribution in [0.15, 0.2) is 18.2 Å². The lowest BCUT2D eigenvalue weighted by molar-refractivity contribution is -0.385. The number of nitro groups is 1. The monoisotopic (exact) mass is 339 g/mol. The molecule has 1 amide bonds. The van der Waals surface area contributed by atoms with Crippen molar-refractivity contribution in [2.45, 2.75) is 32.2 Å². The Morgan fingerprint density at radius 3 is 2.74 bits per heavy atom. The number of rotatable bonds is 2. The van der Waals surface area contributed by atoms with E-state index in [1.165, 1.54) is 6.07 Å². The van der Waals surface area contributed by atoms with E-state index in [1.54, 1.807) is 24.0 Å². The van der Waals surface area contributed by atoms with Crippen molar-refractivity contribution < 1.29 is 9.72 Å². The molecule has 23 heavy (non-hydrogen) atoms. The number of amides is 1. The third kappa shape index (κ3) is 3.19. The van der Waals surface area contributed by atoms with Crippen molar-refractivity contribution in [3.63, 3.8) is 0 Å². The zero-order chi connectivity index (χ0) is 15.9. The van der Waals surface area contributed by atoms with Gasteiger partial charge in [0.2, 0.25) is 0 Å². The van der Waals surface area contributed by atoms with Gasteiger partial charge in [-0.05, 0) is 37.2 Å². The molecule has 3 atom stereocenters. The first-order chi connectivity index (χ1) is 10.5. The number of hydrogen-bond acceptors (Lipinski definition) is 4. The summed E-state index contributed by atoms with van der Waals surface area (Å²) in [5.41, 5.74) is 6.95. The van der Waals surface area contributed by atoms with Crippen LogP contribution in [0.25, 0.3) is 0 Å². The molecule has 0 radical (unpaired) electrons. The van der Waals surface area contributed by atoms with Gasteiger partial charge in [-0.15, -0.1) is 12.4 Å². The van der Waals surface area contributed by atoms with E-state index in [-0.39, 0.29) is 35.6 Å². The predicted molar refractivity (Wildman–Crippen MR) is 89.8 cm³/mol. The molecule has 1 aliphatic carbocycles. The van der Waals surface area contributed by atoms with Gasteiger partial charge in [0.05, 0.1) is 4.92 Å². The minimum absolute atomic E-state index is 0. The smallest absolute Gasteiger partial charge is 0.282 e. The molecule has 1 heterocycles. The number of carbonyl (C=O) groups excluding carboxylic acids is 1. The van der Waals surface area contributed by atoms with Crippen LogP contribution in [-0.2, 0) is 0 Å². The fourth-order valence-corrected chi connectivity index (χ4v) is 3.92. The molecule has 1 aromatic rings. The van der Waals surface area contributed by atoms with Crippen molar-refractivity contribution in [3.05, 3.63) is 39.4 Å². The Labute approximate surface area is 141 Å². The summed E-state index contributed by atoms with van der Waals surface area (Å²) in [5.74, 6) is 0.544. The molecule has 126 valence electrons. The van der Waals surface area contributed by atoms with Gasteiger partial charge in [0, 0.05) is 25.2 Å². The molecular weight excluding hydrogens is 318 g/mol. The van der Waals surface area contributed by atoms with E-state index < -0.39 is 4.92 Å². The van der Waals surface area contributed by atoms with Crippen LogP contribution in [0.4, 0.5) is 5.69 Å². The summed E-state index contributed by atoms with van der Waals surface area (Å²) >= 11 is 0. The summed E-state index contributed by atoms with van der Waals surface area (Å²) in [6.45, 7) is 3.04. The second-order valence-corrected chi connectivity index (χ2v) is 6.45. The Balaban J connectivity index is 0.00000192. The highest BCUT2D eigenvalue weighted by Gasteiger charge is 2.41. The van der Waals surface area contributed by atoms with E-state index in [9.17, 15) is 14.9 Å². The fraction of sp³-hybridized carbons (Fsp3) is 0.562. The lowest BCUT2D eigenvalue weighted by Crippen LogP contribution is -2.38. The molecule has 1 aromatic carbocycles. The molecule has 7 heteroatoms. The van der Waals surface area contributed by atoms with Crippen molar-refractivity contribution in [3.8, 4) is 0 Å². The van der Waals surface area contributed by atoms with Crippen LogP contribution in [-0.4, -0.2) is 34.9 Å². The van der Waals surface area contributed by atoms with Gasteiger partial charge in [-0.2, -0.15) is 0 Å². The highest BCUT2D eigenvalue weighted by Crippen LogP contribution is 2.37. The summed E-state index contributed by atoms with van der Waals surface area (Å²) in [6, 6.07) is 4.90. The molecule has 3 unspecified atom stereocenters. The lowest BCUT2D eigenvalue weighted by atomic mass is 9.78. The Morgan fingerprint density at radius 2 is 2.09 bits per heavy atom. The standard InChI is InChI=1S/C16H21N3O3.ClH/c1-10-4-2-7-14(19(21)22)15(10)16(20)18-8-11-5-3-6-13(17)12(11)9-18;/h2,4,7,11-13H,3,5-6,8-9,17H2,1H3;1H. The van der Waals surface area contributed by atoms with Crippen molar-refractivity contribution in [1.29, 1.82) is 0 Å². The normalized spacial score (nSPS) is 26.3. The number of nitrogens with zero attached hydrogens (tertiary/aromatic N) is 2. The average Bonchev–Trinajstić information content (AvgIpc) is 2.92. The number of nitrogens with two attached hydrogens (primary N) is 1. The van der Waals surface area contributed by atoms with Crippen molar-refractivity contribution >= 4 is 24.0 Å². The summed E-state index contributed by atoms with van der Waals surface area (Å²) < 4.78 is 0. The van der Waals surface area contributed by atoms with Gasteiger partial charge in [-0.1, -0.05) is 18.6 Å². The minimum Gasteiger partial charge on any atom is -0.338 e. The SMILES string of the molecule is Cc1cccc([N+](=O)[O-])c1C(=O)N1CC2CCCC(N)C2C1.Cl. The summed E-state index contributed by atoms with van der Waals surface area (Å²) in [4.78, 5) is 25.3. The maximum Gasteiger partial charge on any atom is 0.282 e. The van der Waals surface area contributed by atoms with E-state index in [0.717, 1.165) is 19.3 Å². The quantitative estimate of drug-likeness (QED) is 0.662. The first-order valence-corrected chi connectivity index (χ1v) is 7.78. The van der Waals surface area contributed by atoms with E-state index in [0.29, 0.717) is 30.5 Å². The molecule has 3 rings (SSSR count). The van der Waals surface area contributed by atoms with Gasteiger partial charge in [0.1, 0.15) is 5.56 Å². The second kappa shape index (κ2) is 6.84. The highest BCUT2D eigenvalue weighted by molar-refractivity contribution is 5.99. The zero-order valence-corrected chi connectivity index (χ0v) is 13.9. The molecule has 2 aliphatic rings. The lowest BCUT2D eigenvalue weighted by Gasteiger charge is -2.29. The maximum absolute atomic E-state index is 12.8. The molecule has 0 bridgehead atoms. The molecule has 2 N–H and O–H groups in total. The number of carbonyl (C=O) groups is 1. The van der Waals surface area contributed by atoms with Crippen molar-refractivity contribution in [2.24, 2.45) is 17.6 Å². The molecule has 2 fully saturated rings. The number of nitro benzene ring substituents is 1. The largest absolute Gasteiger partial charge is 0.338 e. The van der Waals surface area contributed by atoms with E-state index in [2.05, 4.69) is 0 Å². The maximum atomic E-state index is 12.8. The molecule has 0 aromatic heterocycles. The summed E-state index contributed by atoms with van der Waals surface area (Å²) in [6.07, 6.45) is 3.21. The van der Waals surface area contributed by atoms with Gasteiger partial charge in [-0.25, -0.2) is 0 Å². The molecule has 6 nitrogen and oxygen atoms in total. The van der Waals surface area contributed by atoms with Gasteiger partial charge in [-0.3, -0.25) is 14.9 Å². The number of aryl methyl sites for hydroxylation is 1. The second-order valence-electron chi connectivity index (χ2n) is 6.45. The van der Waals surface area contributed by atoms with Gasteiger partial charge >= 0.3 is 0 Å². The van der Waals surface area contributed by atoms with Crippen LogP contribution < -0.4 is 5.73 Å². The van der Waals surface area contributed by atoms with Crippen molar-refractivity contribution in [2.75, 3.05) is 13.1 Å². The zero-order valence-electron chi connectivity index (χ0n) is 13.1. The molecule has 1 aliphatic heterocycles. The summed E-state index contributed by atoms with van der Waals surface area (Å²) in [5, 5.41) is 11.2. The first kappa shape index (κ1) is 17.7. The number of likely N-dealkylation sites (tertiary alicyclic amines) is 1.